The van der Waals surface area contributed by atoms with Crippen LogP contribution in [0.2, 0.25) is 0 Å². The number of nitrogens with one attached hydrogen (secondary N) is 1. The summed E-state index contributed by atoms with van der Waals surface area (Å²) in [6.45, 7) is 0. The highest BCUT2D eigenvalue weighted by Gasteiger charge is 2.16. The Morgan fingerprint density at radius 3 is 2.68 bits per heavy atom. The number of hydrogen-bond donors (Lipinski definition) is 2. The first-order valence-electron chi connectivity index (χ1n) is 5.76. The van der Waals surface area contributed by atoms with Gasteiger partial charge in [0.15, 0.2) is 0 Å². The number of nitrogens with two attached hydrogens (primary N) is 1. The largest absolute Gasteiger partial charge is 0.271 e. The van der Waals surface area contributed by atoms with Crippen LogP contribution in [0.15, 0.2) is 46.9 Å². The van der Waals surface area contributed by atoms with Gasteiger partial charge in [0.25, 0.3) is 0 Å². The lowest BCUT2D eigenvalue weighted by Crippen LogP contribution is -2.30. The number of hydrogen-bond acceptors (Lipinski definition) is 2. The summed E-state index contributed by atoms with van der Waals surface area (Å²) >= 11 is 5.70. The van der Waals surface area contributed by atoms with Gasteiger partial charge in [0.1, 0.15) is 5.82 Å². The van der Waals surface area contributed by atoms with E-state index in [2.05, 4.69) is 43.9 Å². The van der Waals surface area contributed by atoms with Crippen LogP contribution in [0.4, 0.5) is 4.39 Å². The molecule has 0 spiro atoms. The predicted molar refractivity (Wildman–Crippen MR) is 87.0 cm³/mol. The Morgan fingerprint density at radius 1 is 1.26 bits per heavy atom. The fourth-order valence-corrected chi connectivity index (χ4v) is 3.01. The second kappa shape index (κ2) is 6.78. The topological polar surface area (TPSA) is 38.0 Å². The number of halogens is 3. The van der Waals surface area contributed by atoms with Crippen LogP contribution in [-0.4, -0.2) is 0 Å². The van der Waals surface area contributed by atoms with Gasteiger partial charge in [-0.1, -0.05) is 34.1 Å². The van der Waals surface area contributed by atoms with E-state index in [0.717, 1.165) is 13.6 Å². The van der Waals surface area contributed by atoms with Gasteiger partial charge in [-0.2, -0.15) is 0 Å². The minimum Gasteiger partial charge on any atom is -0.271 e. The standard InChI is InChI=1S/C14H13BrFIN2/c15-10-5-6-13(17)11(8-10)14(19-18)7-9-3-1-2-4-12(9)16/h1-6,8,14,19H,7,18H2. The SMILES string of the molecule is NNC(Cc1ccccc1F)c1cc(Br)ccc1I. The summed E-state index contributed by atoms with van der Waals surface area (Å²) in [7, 11) is 0. The van der Waals surface area contributed by atoms with E-state index in [1.54, 1.807) is 12.1 Å². The number of benzene rings is 2. The van der Waals surface area contributed by atoms with Gasteiger partial charge in [0.2, 0.25) is 0 Å². The van der Waals surface area contributed by atoms with E-state index in [1.807, 2.05) is 24.3 Å². The Labute approximate surface area is 133 Å². The molecule has 0 aromatic heterocycles. The third-order valence-electron chi connectivity index (χ3n) is 2.92. The van der Waals surface area contributed by atoms with Gasteiger partial charge in [-0.15, -0.1) is 0 Å². The van der Waals surface area contributed by atoms with Crippen molar-refractivity contribution in [3.63, 3.8) is 0 Å². The fraction of sp³-hybridized carbons (Fsp3) is 0.143. The van der Waals surface area contributed by atoms with Crippen molar-refractivity contribution in [2.24, 2.45) is 5.84 Å². The van der Waals surface area contributed by atoms with E-state index in [9.17, 15) is 4.39 Å². The molecule has 2 aromatic carbocycles. The zero-order chi connectivity index (χ0) is 13.8. The maximum Gasteiger partial charge on any atom is 0.126 e. The lowest BCUT2D eigenvalue weighted by Gasteiger charge is -2.18. The summed E-state index contributed by atoms with van der Waals surface area (Å²) in [4.78, 5) is 0. The molecular formula is C14H13BrFIN2. The molecule has 0 bridgehead atoms. The molecular weight excluding hydrogens is 422 g/mol. The summed E-state index contributed by atoms with van der Waals surface area (Å²) in [5.41, 5.74) is 4.48. The van der Waals surface area contributed by atoms with Crippen molar-refractivity contribution in [3.8, 4) is 0 Å². The Hall–Kier alpha value is -0.500. The van der Waals surface area contributed by atoms with E-state index in [-0.39, 0.29) is 11.9 Å². The van der Waals surface area contributed by atoms with Gasteiger partial charge in [0.05, 0.1) is 6.04 Å². The smallest absolute Gasteiger partial charge is 0.126 e. The minimum atomic E-state index is -0.201. The van der Waals surface area contributed by atoms with Crippen molar-refractivity contribution < 1.29 is 4.39 Å². The van der Waals surface area contributed by atoms with E-state index < -0.39 is 0 Å². The normalized spacial score (nSPS) is 12.4. The van der Waals surface area contributed by atoms with Crippen molar-refractivity contribution in [3.05, 3.63) is 67.5 Å². The lowest BCUT2D eigenvalue weighted by molar-refractivity contribution is 0.527. The van der Waals surface area contributed by atoms with E-state index >= 15 is 0 Å². The van der Waals surface area contributed by atoms with Crippen LogP contribution in [0, 0.1) is 9.39 Å². The Bertz CT molecular complexity index is 577. The number of rotatable bonds is 4. The molecule has 2 aromatic rings. The minimum absolute atomic E-state index is 0.124. The molecule has 0 saturated carbocycles. The second-order valence-corrected chi connectivity index (χ2v) is 6.26. The maximum absolute atomic E-state index is 13.7. The van der Waals surface area contributed by atoms with Gasteiger partial charge in [-0.3, -0.25) is 11.3 Å². The summed E-state index contributed by atoms with van der Waals surface area (Å²) in [6.07, 6.45) is 0.510. The van der Waals surface area contributed by atoms with Crippen LogP contribution >= 0.6 is 38.5 Å². The second-order valence-electron chi connectivity index (χ2n) is 4.18. The molecule has 0 aliphatic heterocycles. The zero-order valence-electron chi connectivity index (χ0n) is 10.0. The Kier molecular flexibility index (Phi) is 5.32. The van der Waals surface area contributed by atoms with Gasteiger partial charge >= 0.3 is 0 Å². The number of hydrazine groups is 1. The van der Waals surface area contributed by atoms with E-state index in [0.29, 0.717) is 12.0 Å². The van der Waals surface area contributed by atoms with Crippen LogP contribution in [0.5, 0.6) is 0 Å². The molecule has 0 saturated heterocycles. The first kappa shape index (κ1) is 14.9. The van der Waals surface area contributed by atoms with E-state index in [4.69, 9.17) is 5.84 Å². The average molecular weight is 435 g/mol. The quantitative estimate of drug-likeness (QED) is 0.434. The molecule has 3 N–H and O–H groups in total. The third kappa shape index (κ3) is 3.75. The van der Waals surface area contributed by atoms with Crippen molar-refractivity contribution >= 4 is 38.5 Å². The molecule has 1 atom stereocenters. The van der Waals surface area contributed by atoms with Gasteiger partial charge in [-0.05, 0) is 64.4 Å². The molecule has 1 unspecified atom stereocenters. The monoisotopic (exact) mass is 434 g/mol. The average Bonchev–Trinajstić information content (AvgIpc) is 2.41. The van der Waals surface area contributed by atoms with Crippen LogP contribution in [0.1, 0.15) is 17.2 Å². The van der Waals surface area contributed by atoms with E-state index in [1.165, 1.54) is 6.07 Å². The lowest BCUT2D eigenvalue weighted by atomic mass is 9.99. The van der Waals surface area contributed by atoms with Crippen molar-refractivity contribution in [2.45, 2.75) is 12.5 Å². The summed E-state index contributed by atoms with van der Waals surface area (Å²) < 4.78 is 15.8. The molecule has 0 amide bonds. The van der Waals surface area contributed by atoms with Gasteiger partial charge in [0, 0.05) is 8.04 Å². The molecule has 0 aliphatic carbocycles. The van der Waals surface area contributed by atoms with Crippen LogP contribution in [0.25, 0.3) is 0 Å². The highest BCUT2D eigenvalue weighted by Crippen LogP contribution is 2.26. The van der Waals surface area contributed by atoms with Crippen LogP contribution in [0.3, 0.4) is 0 Å². The highest BCUT2D eigenvalue weighted by atomic mass is 127. The molecule has 0 heterocycles. The maximum atomic E-state index is 13.7. The Morgan fingerprint density at radius 2 is 2.00 bits per heavy atom. The molecule has 100 valence electrons. The van der Waals surface area contributed by atoms with Gasteiger partial charge < -0.3 is 0 Å². The van der Waals surface area contributed by atoms with Crippen molar-refractivity contribution in [1.29, 1.82) is 0 Å². The molecule has 0 fully saturated rings. The molecule has 2 nitrogen and oxygen atoms in total. The molecule has 0 aliphatic rings. The Balaban J connectivity index is 2.30. The zero-order valence-corrected chi connectivity index (χ0v) is 13.8. The first-order valence-corrected chi connectivity index (χ1v) is 7.63. The van der Waals surface area contributed by atoms with Crippen LogP contribution in [-0.2, 0) is 6.42 Å². The molecule has 0 radical (unpaired) electrons. The molecule has 5 heteroatoms. The summed E-state index contributed by atoms with van der Waals surface area (Å²) in [5.74, 6) is 5.43. The van der Waals surface area contributed by atoms with Gasteiger partial charge in [-0.25, -0.2) is 4.39 Å². The third-order valence-corrected chi connectivity index (χ3v) is 4.39. The van der Waals surface area contributed by atoms with Crippen LogP contribution < -0.4 is 11.3 Å². The first-order chi connectivity index (χ1) is 9.11. The van der Waals surface area contributed by atoms with Crippen molar-refractivity contribution in [1.82, 2.24) is 5.43 Å². The van der Waals surface area contributed by atoms with Crippen molar-refractivity contribution in [2.75, 3.05) is 0 Å². The summed E-state index contributed by atoms with van der Waals surface area (Å²) in [5, 5.41) is 0. The highest BCUT2D eigenvalue weighted by molar-refractivity contribution is 14.1. The fourth-order valence-electron chi connectivity index (χ4n) is 1.92. The molecule has 19 heavy (non-hydrogen) atoms. The summed E-state index contributed by atoms with van der Waals surface area (Å²) in [6, 6.07) is 12.6. The molecule has 2 rings (SSSR count). The predicted octanol–water partition coefficient (Wildman–Crippen LogP) is 3.94.